The Morgan fingerprint density at radius 1 is 1.00 bits per heavy atom. The monoisotopic (exact) mass is 828 g/mol. The van der Waals surface area contributed by atoms with Crippen LogP contribution in [0, 0.1) is 29.1 Å². The van der Waals surface area contributed by atoms with Gasteiger partial charge in [0.05, 0.1) is 41.3 Å². The van der Waals surface area contributed by atoms with Gasteiger partial charge in [-0.25, -0.2) is 19.8 Å². The molecule has 0 amide bonds. The highest BCUT2D eigenvalue weighted by Crippen LogP contribution is 2.69. The molecule has 324 valence electrons. The normalized spacial score (nSPS) is 27.1. The quantitative estimate of drug-likeness (QED) is 0.110. The minimum Gasteiger partial charge on any atom is -0.507 e. The molecule has 5 heterocycles. The fraction of sp³-hybridized carbons (Fsp3) is 0.510. The highest BCUT2D eigenvalue weighted by Gasteiger charge is 2.69. The van der Waals surface area contributed by atoms with Crippen LogP contribution in [-0.2, 0) is 19.1 Å². The van der Waals surface area contributed by atoms with E-state index in [1.807, 2.05) is 44.2 Å². The van der Waals surface area contributed by atoms with Crippen LogP contribution in [0.25, 0.3) is 0 Å². The molecule has 1 saturated carbocycles. The number of rotatable bonds is 15. The molecule has 3 N–H and O–H groups in total. The van der Waals surface area contributed by atoms with Crippen LogP contribution in [0.3, 0.4) is 0 Å². The Labute approximate surface area is 361 Å². The van der Waals surface area contributed by atoms with Gasteiger partial charge in [0.1, 0.15) is 6.61 Å². The predicted octanol–water partition coefficient (Wildman–Crippen LogP) is 10.3. The third-order valence-corrected chi connectivity index (χ3v) is 14.2. The zero-order valence-electron chi connectivity index (χ0n) is 37.8. The number of fused-ring (bicyclic) bond motifs is 6. The summed E-state index contributed by atoms with van der Waals surface area (Å²) in [7, 11) is 1.19. The summed E-state index contributed by atoms with van der Waals surface area (Å²) in [5, 5.41) is 28.1. The van der Waals surface area contributed by atoms with E-state index in [0.29, 0.717) is 35.0 Å². The number of esters is 2. The number of hydrogen-bond donors (Lipinski definition) is 3. The number of ether oxygens (including phenoxy) is 2. The highest BCUT2D eigenvalue weighted by atomic mass is 16.5. The first-order valence-corrected chi connectivity index (χ1v) is 22.3. The Hall–Kier alpha value is -5.09. The molecule has 2 aliphatic carbocycles. The van der Waals surface area contributed by atoms with E-state index >= 15 is 0 Å². The van der Waals surface area contributed by atoms with Crippen LogP contribution in [0.5, 0.6) is 0 Å². The second-order valence-electron chi connectivity index (χ2n) is 18.5. The Morgan fingerprint density at radius 2 is 1.70 bits per heavy atom. The lowest BCUT2D eigenvalue weighted by atomic mass is 9.81. The molecule has 5 aliphatic heterocycles. The molecule has 61 heavy (non-hydrogen) atoms. The Kier molecular flexibility index (Phi) is 12.3. The summed E-state index contributed by atoms with van der Waals surface area (Å²) in [4.78, 5) is 42.6. The van der Waals surface area contributed by atoms with Crippen LogP contribution in [0.4, 0.5) is 0 Å². The van der Waals surface area contributed by atoms with Gasteiger partial charge < -0.3 is 25.0 Å². The molecule has 1 spiro atoms. The first-order chi connectivity index (χ1) is 29.0. The van der Waals surface area contributed by atoms with Gasteiger partial charge in [-0.3, -0.25) is 4.79 Å². The van der Waals surface area contributed by atoms with Crippen molar-refractivity contribution >= 4 is 29.1 Å². The smallest absolute Gasteiger partial charge is 0.350 e. The molecule has 0 aromatic heterocycles. The van der Waals surface area contributed by atoms with Gasteiger partial charge >= 0.3 is 11.9 Å². The van der Waals surface area contributed by atoms with Gasteiger partial charge in [0.15, 0.2) is 5.76 Å². The van der Waals surface area contributed by atoms with Crippen molar-refractivity contribution in [1.29, 1.82) is 0 Å². The molecule has 8 bridgehead atoms. The van der Waals surface area contributed by atoms with Crippen LogP contribution < -0.4 is 5.32 Å². The number of methoxy groups -OCH3 is 1. The average Bonchev–Trinajstić information content (AvgIpc) is 3.33. The molecule has 1 unspecified atom stereocenters. The molecule has 5 atom stereocenters. The van der Waals surface area contributed by atoms with Gasteiger partial charge in [0, 0.05) is 45.9 Å². The Bertz CT molecular complexity index is 2350. The number of aliphatic hydroxyl groups excluding tert-OH is 1. The fourth-order valence-corrected chi connectivity index (χ4v) is 10.3. The summed E-state index contributed by atoms with van der Waals surface area (Å²) in [5.74, 6) is -0.820. The van der Waals surface area contributed by atoms with Crippen molar-refractivity contribution in [3.05, 3.63) is 116 Å². The van der Waals surface area contributed by atoms with E-state index in [1.54, 1.807) is 0 Å². The number of carbonyl (C=O) groups excluding carboxylic acids is 2. The molecule has 7 aliphatic rings. The van der Waals surface area contributed by atoms with Crippen LogP contribution >= 0.6 is 0 Å². The van der Waals surface area contributed by atoms with Crippen molar-refractivity contribution in [3.63, 3.8) is 0 Å². The first-order valence-electron chi connectivity index (χ1n) is 22.3. The van der Waals surface area contributed by atoms with Gasteiger partial charge in [0.2, 0.25) is 5.60 Å². The minimum absolute atomic E-state index is 0.136. The number of allylic oxidation sites excluding steroid dienone is 12. The summed E-state index contributed by atoms with van der Waals surface area (Å²) < 4.78 is 11.0. The largest absolute Gasteiger partial charge is 0.507 e. The molecule has 2 fully saturated rings. The van der Waals surface area contributed by atoms with Gasteiger partial charge in [-0.15, -0.1) is 0 Å². The van der Waals surface area contributed by atoms with E-state index in [-0.39, 0.29) is 42.0 Å². The third kappa shape index (κ3) is 7.63. The molecule has 10 nitrogen and oxygen atoms in total. The highest BCUT2D eigenvalue weighted by molar-refractivity contribution is 6.26. The summed E-state index contributed by atoms with van der Waals surface area (Å²) in [6.45, 7) is 23.4. The van der Waals surface area contributed by atoms with Crippen molar-refractivity contribution < 1.29 is 29.3 Å². The summed E-state index contributed by atoms with van der Waals surface area (Å²) >= 11 is 0. The Morgan fingerprint density at radius 3 is 2.39 bits per heavy atom. The molecule has 0 radical (unpaired) electrons. The molecule has 1 saturated heterocycles. The number of hydrogen-bond acceptors (Lipinski definition) is 10. The van der Waals surface area contributed by atoms with Crippen molar-refractivity contribution in [1.82, 2.24) is 5.32 Å². The van der Waals surface area contributed by atoms with E-state index in [4.69, 9.17) is 24.5 Å². The number of aliphatic hydroxyl groups is 2. The number of carbonyl (C=O) groups is 2. The summed E-state index contributed by atoms with van der Waals surface area (Å²) in [6.07, 6.45) is 18.3. The second kappa shape index (κ2) is 17.0. The summed E-state index contributed by atoms with van der Waals surface area (Å²) in [5.41, 5.74) is 8.15. The molecule has 7 rings (SSSR count). The third-order valence-electron chi connectivity index (χ3n) is 14.2. The van der Waals surface area contributed by atoms with Crippen molar-refractivity contribution in [3.8, 4) is 0 Å². The van der Waals surface area contributed by atoms with E-state index in [2.05, 4.69) is 60.4 Å². The molecular weight excluding hydrogens is 765 g/mol. The average molecular weight is 829 g/mol. The maximum atomic E-state index is 13.8. The van der Waals surface area contributed by atoms with Crippen LogP contribution in [0.2, 0.25) is 0 Å². The zero-order chi connectivity index (χ0) is 44.1. The topological polar surface area (TPSA) is 142 Å². The van der Waals surface area contributed by atoms with E-state index in [9.17, 15) is 19.8 Å². The van der Waals surface area contributed by atoms with Gasteiger partial charge in [-0.1, -0.05) is 78.5 Å². The van der Waals surface area contributed by atoms with Gasteiger partial charge in [0.25, 0.3) is 0 Å². The van der Waals surface area contributed by atoms with E-state index in [0.717, 1.165) is 76.0 Å². The zero-order valence-corrected chi connectivity index (χ0v) is 37.8. The molecule has 0 aromatic rings. The first kappa shape index (κ1) is 44.0. The summed E-state index contributed by atoms with van der Waals surface area (Å²) in [6, 6.07) is 0. The lowest BCUT2D eigenvalue weighted by Gasteiger charge is -2.26. The van der Waals surface area contributed by atoms with Crippen LogP contribution in [0.15, 0.2) is 131 Å². The maximum Gasteiger partial charge on any atom is 0.350 e. The molecular formula is C51H64N4O6. The SMILES string of the molecule is C=CC1=C(C)C2=NC1=CC1=NC(=CC3=C(C)C4=C(O)[C@](O)(C(=O)OC)C(=C5NC(=C2)[C@@H](C)[C@]52C[C@@H]2CC(=O)OC/C=C(\C)CCCC(C)CCCC(C)C)C4=N3)C(CC)=C1C. The van der Waals surface area contributed by atoms with Crippen molar-refractivity contribution in [2.24, 2.45) is 44.1 Å². The lowest BCUT2D eigenvalue weighted by Crippen LogP contribution is -2.44. The Balaban J connectivity index is 1.24. The number of nitrogens with zero attached hydrogens (tertiary/aromatic N) is 3. The molecule has 0 aromatic carbocycles. The maximum absolute atomic E-state index is 13.8. The van der Waals surface area contributed by atoms with Crippen molar-refractivity contribution in [2.45, 2.75) is 126 Å². The van der Waals surface area contributed by atoms with Gasteiger partial charge in [-0.2, -0.15) is 0 Å². The van der Waals surface area contributed by atoms with E-state index < -0.39 is 22.7 Å². The van der Waals surface area contributed by atoms with Crippen LogP contribution in [0.1, 0.15) is 120 Å². The molecule has 10 heteroatoms. The second-order valence-corrected chi connectivity index (χ2v) is 18.5. The number of nitrogens with one attached hydrogen (secondary N) is 1. The van der Waals surface area contributed by atoms with Crippen molar-refractivity contribution in [2.75, 3.05) is 13.7 Å². The standard InChI is InChI=1S/C51H64N4O6/c1-12-35-30(7)37-23-40-33(10)50(26-34(50)22-43(56)61-21-20-29(6)19-15-18-28(5)17-14-16-27(3)4)47(55-40)45-46-44(48(57)51(45,59)49(58)60-11)32(9)39(54-46)25-42-36(13-2)31(8)38(53-42)24-41(35)52-37/h12,20,23-25,27-28,33-34,55,57,59H,1,13-19,21-22,26H2,2-11H3/b29-20+,40-23?,41-24?,42-25?,47-45?/t28?,33-,34+,50+,51+/m1/s1. The fourth-order valence-electron chi connectivity index (χ4n) is 10.3. The number of aliphatic imine (C=N–C) groups is 3. The van der Waals surface area contributed by atoms with Gasteiger partial charge in [-0.05, 0) is 118 Å². The van der Waals surface area contributed by atoms with Crippen LogP contribution in [-0.4, -0.2) is 58.6 Å². The van der Waals surface area contributed by atoms with E-state index in [1.165, 1.54) is 38.4 Å². The minimum atomic E-state index is -2.54. The lowest BCUT2D eigenvalue weighted by molar-refractivity contribution is -0.156. The predicted molar refractivity (Wildman–Crippen MR) is 243 cm³/mol.